The summed E-state index contributed by atoms with van der Waals surface area (Å²) in [5.74, 6) is 0.205. The van der Waals surface area contributed by atoms with Gasteiger partial charge in [0.05, 0.1) is 35.0 Å². The first-order chi connectivity index (χ1) is 9.60. The Balaban J connectivity index is 2.59. The summed E-state index contributed by atoms with van der Waals surface area (Å²) in [4.78, 5) is 15.1. The first kappa shape index (κ1) is 14.8. The molecule has 0 amide bonds. The summed E-state index contributed by atoms with van der Waals surface area (Å²) in [6.45, 7) is -0.152. The smallest absolute Gasteiger partial charge is 0.224 e. The number of hydrogen-bond acceptors (Lipinski definition) is 4. The number of aliphatic hydroxyl groups is 1. The van der Waals surface area contributed by atoms with Gasteiger partial charge < -0.3 is 9.84 Å². The van der Waals surface area contributed by atoms with E-state index in [4.69, 9.17) is 33.0 Å². The lowest BCUT2D eigenvalue weighted by Crippen LogP contribution is -1.97. The molecule has 1 heterocycles. The lowest BCUT2D eigenvalue weighted by Gasteiger charge is -2.10. The Morgan fingerprint density at radius 3 is 2.45 bits per heavy atom. The highest BCUT2D eigenvalue weighted by Gasteiger charge is 2.14. The molecule has 0 fully saturated rings. The molecule has 0 aliphatic rings. The van der Waals surface area contributed by atoms with Crippen molar-refractivity contribution in [2.45, 2.75) is 6.61 Å². The van der Waals surface area contributed by atoms with Crippen LogP contribution in [0.25, 0.3) is 11.3 Å². The first-order valence-electron chi connectivity index (χ1n) is 5.70. The van der Waals surface area contributed by atoms with E-state index in [1.165, 1.54) is 7.11 Å². The Hall–Kier alpha value is -1.62. The number of aliphatic hydroxyl groups excluding tert-OH is 1. The summed E-state index contributed by atoms with van der Waals surface area (Å²) in [7, 11) is 1.43. The van der Waals surface area contributed by atoms with E-state index < -0.39 is 0 Å². The zero-order valence-electron chi connectivity index (χ0n) is 10.6. The maximum atomic E-state index is 10.9. The summed E-state index contributed by atoms with van der Waals surface area (Å²) < 4.78 is 5.05. The van der Waals surface area contributed by atoms with Crippen molar-refractivity contribution < 1.29 is 14.6 Å². The minimum atomic E-state index is -0.152. The number of aromatic nitrogens is 1. The van der Waals surface area contributed by atoms with E-state index in [1.54, 1.807) is 24.3 Å². The molecule has 2 rings (SSSR count). The minimum absolute atomic E-state index is 0.152. The molecule has 104 valence electrons. The van der Waals surface area contributed by atoms with Crippen LogP contribution in [-0.4, -0.2) is 23.5 Å². The molecule has 1 aromatic heterocycles. The molecule has 6 heteroatoms. The van der Waals surface area contributed by atoms with Gasteiger partial charge in [0.2, 0.25) is 5.88 Å². The summed E-state index contributed by atoms with van der Waals surface area (Å²) in [5, 5.41) is 9.85. The highest BCUT2D eigenvalue weighted by molar-refractivity contribution is 6.39. The molecular weight excluding hydrogens is 301 g/mol. The van der Waals surface area contributed by atoms with Crippen LogP contribution in [-0.2, 0) is 6.61 Å². The standard InChI is InChI=1S/C14H11Cl2NO3/c1-20-14-9(7-19)2-3-12(17-14)13-10(15)4-8(6-18)5-11(13)16/h2-5,7,18H,6H2,1H3. The average Bonchev–Trinajstić information content (AvgIpc) is 2.46. The largest absolute Gasteiger partial charge is 0.480 e. The second-order valence-corrected chi connectivity index (χ2v) is 4.82. The van der Waals surface area contributed by atoms with E-state index in [1.807, 2.05) is 0 Å². The molecule has 0 aliphatic heterocycles. The van der Waals surface area contributed by atoms with Crippen LogP contribution in [0.15, 0.2) is 24.3 Å². The zero-order chi connectivity index (χ0) is 14.7. The molecule has 1 aromatic carbocycles. The number of methoxy groups -OCH3 is 1. The molecule has 0 unspecified atom stereocenters. The third-order valence-electron chi connectivity index (χ3n) is 2.75. The molecule has 0 spiro atoms. The van der Waals surface area contributed by atoms with Gasteiger partial charge in [-0.1, -0.05) is 23.2 Å². The van der Waals surface area contributed by atoms with E-state index in [2.05, 4.69) is 4.98 Å². The van der Waals surface area contributed by atoms with Gasteiger partial charge in [-0.15, -0.1) is 0 Å². The van der Waals surface area contributed by atoms with Crippen molar-refractivity contribution in [3.05, 3.63) is 45.4 Å². The predicted molar refractivity (Wildman–Crippen MR) is 77.6 cm³/mol. The van der Waals surface area contributed by atoms with Gasteiger partial charge in [0.1, 0.15) is 0 Å². The van der Waals surface area contributed by atoms with Gasteiger partial charge in [0.25, 0.3) is 0 Å². The van der Waals surface area contributed by atoms with Gasteiger partial charge in [-0.2, -0.15) is 0 Å². The van der Waals surface area contributed by atoms with Gasteiger partial charge in [-0.05, 0) is 29.8 Å². The molecule has 0 radical (unpaired) electrons. The van der Waals surface area contributed by atoms with Crippen LogP contribution in [0.2, 0.25) is 10.0 Å². The molecule has 0 saturated heterocycles. The van der Waals surface area contributed by atoms with Gasteiger partial charge in [0.15, 0.2) is 6.29 Å². The van der Waals surface area contributed by atoms with Crippen molar-refractivity contribution in [3.63, 3.8) is 0 Å². The van der Waals surface area contributed by atoms with E-state index >= 15 is 0 Å². The van der Waals surface area contributed by atoms with Gasteiger partial charge >= 0.3 is 0 Å². The third kappa shape index (κ3) is 2.77. The Morgan fingerprint density at radius 2 is 1.95 bits per heavy atom. The number of pyridine rings is 1. The number of benzene rings is 1. The Kier molecular flexibility index (Phi) is 4.60. The number of ether oxygens (including phenoxy) is 1. The highest BCUT2D eigenvalue weighted by atomic mass is 35.5. The van der Waals surface area contributed by atoms with Crippen molar-refractivity contribution in [1.82, 2.24) is 4.98 Å². The molecule has 0 atom stereocenters. The van der Waals surface area contributed by atoms with Crippen molar-refractivity contribution in [2.24, 2.45) is 0 Å². The van der Waals surface area contributed by atoms with Crippen molar-refractivity contribution >= 4 is 29.5 Å². The van der Waals surface area contributed by atoms with Crippen LogP contribution >= 0.6 is 23.2 Å². The number of carbonyl (C=O) groups excluding carboxylic acids is 1. The zero-order valence-corrected chi connectivity index (χ0v) is 12.1. The van der Waals surface area contributed by atoms with E-state index in [-0.39, 0.29) is 12.5 Å². The van der Waals surface area contributed by atoms with Crippen LogP contribution in [0.3, 0.4) is 0 Å². The topological polar surface area (TPSA) is 59.4 Å². The van der Waals surface area contributed by atoms with Crippen molar-refractivity contribution in [2.75, 3.05) is 7.11 Å². The number of halogens is 2. The van der Waals surface area contributed by atoms with Gasteiger partial charge in [-0.3, -0.25) is 4.79 Å². The van der Waals surface area contributed by atoms with Crippen LogP contribution in [0.1, 0.15) is 15.9 Å². The minimum Gasteiger partial charge on any atom is -0.480 e. The molecule has 20 heavy (non-hydrogen) atoms. The fourth-order valence-electron chi connectivity index (χ4n) is 1.81. The SMILES string of the molecule is COc1nc(-c2c(Cl)cc(CO)cc2Cl)ccc1C=O. The number of rotatable bonds is 4. The second kappa shape index (κ2) is 6.22. The number of hydrogen-bond donors (Lipinski definition) is 1. The molecular formula is C14H11Cl2NO3. The van der Waals surface area contributed by atoms with Crippen LogP contribution in [0.4, 0.5) is 0 Å². The first-order valence-corrected chi connectivity index (χ1v) is 6.45. The molecule has 0 saturated carbocycles. The molecule has 0 aliphatic carbocycles. The maximum Gasteiger partial charge on any atom is 0.224 e. The van der Waals surface area contributed by atoms with E-state index in [0.29, 0.717) is 38.7 Å². The third-order valence-corrected chi connectivity index (χ3v) is 3.35. The fourth-order valence-corrected chi connectivity index (χ4v) is 2.53. The molecule has 1 N–H and O–H groups in total. The maximum absolute atomic E-state index is 10.9. The molecule has 0 bridgehead atoms. The second-order valence-electron chi connectivity index (χ2n) is 4.01. The normalized spacial score (nSPS) is 10.4. The molecule has 2 aromatic rings. The Labute approximate surface area is 125 Å². The number of carbonyl (C=O) groups is 1. The Morgan fingerprint density at radius 1 is 1.30 bits per heavy atom. The van der Waals surface area contributed by atoms with E-state index in [9.17, 15) is 4.79 Å². The van der Waals surface area contributed by atoms with Gasteiger partial charge in [0, 0.05) is 5.56 Å². The number of aldehydes is 1. The fraction of sp³-hybridized carbons (Fsp3) is 0.143. The van der Waals surface area contributed by atoms with E-state index in [0.717, 1.165) is 0 Å². The lowest BCUT2D eigenvalue weighted by molar-refractivity contribution is 0.112. The summed E-state index contributed by atoms with van der Waals surface area (Å²) in [6, 6.07) is 6.45. The quantitative estimate of drug-likeness (QED) is 0.879. The van der Waals surface area contributed by atoms with Crippen LogP contribution < -0.4 is 4.74 Å². The summed E-state index contributed by atoms with van der Waals surface area (Å²) in [6.07, 6.45) is 0.660. The summed E-state index contributed by atoms with van der Waals surface area (Å²) >= 11 is 12.3. The van der Waals surface area contributed by atoms with Gasteiger partial charge in [-0.25, -0.2) is 4.98 Å². The number of nitrogens with zero attached hydrogens (tertiary/aromatic N) is 1. The monoisotopic (exact) mass is 311 g/mol. The predicted octanol–water partition coefficient (Wildman–Crippen LogP) is 3.37. The Bertz CT molecular complexity index is 636. The van der Waals surface area contributed by atoms with Crippen molar-refractivity contribution in [1.29, 1.82) is 0 Å². The van der Waals surface area contributed by atoms with Crippen molar-refractivity contribution in [3.8, 4) is 17.1 Å². The van der Waals surface area contributed by atoms with Crippen LogP contribution in [0.5, 0.6) is 5.88 Å². The average molecular weight is 312 g/mol. The molecule has 4 nitrogen and oxygen atoms in total. The highest BCUT2D eigenvalue weighted by Crippen LogP contribution is 2.36. The van der Waals surface area contributed by atoms with Crippen LogP contribution in [0, 0.1) is 0 Å². The lowest BCUT2D eigenvalue weighted by atomic mass is 10.1. The summed E-state index contributed by atoms with van der Waals surface area (Å²) in [5.41, 5.74) is 1.98.